The van der Waals surface area contributed by atoms with Crippen LogP contribution in [0.2, 0.25) is 0 Å². The van der Waals surface area contributed by atoms with E-state index in [1.165, 1.54) is 12.8 Å². The van der Waals surface area contributed by atoms with E-state index in [2.05, 4.69) is 16.0 Å². The molecule has 2 aromatic rings. The number of rotatable bonds is 10. The van der Waals surface area contributed by atoms with Gasteiger partial charge >= 0.3 is 0 Å². The summed E-state index contributed by atoms with van der Waals surface area (Å²) in [5.41, 5.74) is 2.45. The Balaban J connectivity index is 1.46. The van der Waals surface area contributed by atoms with Gasteiger partial charge < -0.3 is 25.6 Å². The molecule has 0 radical (unpaired) electrons. The van der Waals surface area contributed by atoms with Crippen LogP contribution in [0.4, 0.5) is 11.4 Å². The second-order valence-corrected chi connectivity index (χ2v) is 8.37. The molecule has 1 fully saturated rings. The average molecular weight is 467 g/mol. The molecule has 3 amide bonds. The molecule has 8 heteroatoms. The Morgan fingerprint density at radius 3 is 2.35 bits per heavy atom. The number of ether oxygens (including phenoxy) is 1. The summed E-state index contributed by atoms with van der Waals surface area (Å²) in [6, 6.07) is 14.0. The highest BCUT2D eigenvalue weighted by atomic mass is 16.5. The van der Waals surface area contributed by atoms with Gasteiger partial charge in [0.05, 0.1) is 6.54 Å². The molecule has 0 saturated carbocycles. The van der Waals surface area contributed by atoms with Gasteiger partial charge in [-0.05, 0) is 61.7 Å². The highest BCUT2D eigenvalue weighted by molar-refractivity contribution is 5.98. The van der Waals surface area contributed by atoms with Crippen molar-refractivity contribution in [3.8, 4) is 0 Å². The van der Waals surface area contributed by atoms with Gasteiger partial charge in [-0.25, -0.2) is 0 Å². The molecule has 3 rings (SSSR count). The lowest BCUT2D eigenvalue weighted by molar-refractivity contribution is -0.114. The van der Waals surface area contributed by atoms with Gasteiger partial charge in [-0.3, -0.25) is 14.4 Å². The van der Waals surface area contributed by atoms with Gasteiger partial charge in [0.15, 0.2) is 0 Å². The number of carbonyl (C=O) groups excluding carboxylic acids is 3. The number of benzene rings is 2. The number of anilines is 2. The number of nitrogens with zero attached hydrogens (tertiary/aromatic N) is 1. The van der Waals surface area contributed by atoms with Gasteiger partial charge in [0.1, 0.15) is 0 Å². The second kappa shape index (κ2) is 13.3. The number of amides is 3. The summed E-state index contributed by atoms with van der Waals surface area (Å²) < 4.78 is 4.97. The maximum atomic E-state index is 12.7. The summed E-state index contributed by atoms with van der Waals surface area (Å²) in [5.74, 6) is -0.365. The lowest BCUT2D eigenvalue weighted by Gasteiger charge is -2.20. The zero-order valence-electron chi connectivity index (χ0n) is 19.8. The minimum atomic E-state index is -0.234. The van der Waals surface area contributed by atoms with Crippen LogP contribution >= 0.6 is 0 Å². The fourth-order valence-corrected chi connectivity index (χ4v) is 3.83. The van der Waals surface area contributed by atoms with Crippen LogP contribution in [0, 0.1) is 0 Å². The van der Waals surface area contributed by atoms with E-state index >= 15 is 0 Å². The minimum absolute atomic E-state index is 0.0624. The van der Waals surface area contributed by atoms with Crippen LogP contribution in [-0.4, -0.2) is 62.5 Å². The van der Waals surface area contributed by atoms with E-state index in [9.17, 15) is 14.4 Å². The molecule has 0 aromatic heterocycles. The topological polar surface area (TPSA) is 99.8 Å². The van der Waals surface area contributed by atoms with E-state index in [-0.39, 0.29) is 24.3 Å². The smallest absolute Gasteiger partial charge is 0.253 e. The third-order valence-corrected chi connectivity index (χ3v) is 5.70. The van der Waals surface area contributed by atoms with Crippen LogP contribution < -0.4 is 16.0 Å². The first-order valence-corrected chi connectivity index (χ1v) is 11.9. The van der Waals surface area contributed by atoms with Crippen LogP contribution in [0.5, 0.6) is 0 Å². The van der Waals surface area contributed by atoms with Crippen molar-refractivity contribution in [2.75, 3.05) is 50.5 Å². The quantitative estimate of drug-likeness (QED) is 0.465. The van der Waals surface area contributed by atoms with Crippen molar-refractivity contribution in [1.82, 2.24) is 10.2 Å². The van der Waals surface area contributed by atoms with Crippen LogP contribution in [0.1, 0.15) is 52.8 Å². The van der Waals surface area contributed by atoms with Crippen molar-refractivity contribution in [2.45, 2.75) is 32.1 Å². The molecule has 1 aliphatic heterocycles. The molecule has 1 heterocycles. The summed E-state index contributed by atoms with van der Waals surface area (Å²) >= 11 is 0. The third kappa shape index (κ3) is 7.88. The van der Waals surface area contributed by atoms with Crippen LogP contribution in [0.3, 0.4) is 0 Å². The molecule has 0 spiro atoms. The van der Waals surface area contributed by atoms with E-state index < -0.39 is 0 Å². The number of methoxy groups -OCH3 is 1. The first kappa shape index (κ1) is 25.2. The first-order valence-electron chi connectivity index (χ1n) is 11.9. The molecule has 1 saturated heterocycles. The summed E-state index contributed by atoms with van der Waals surface area (Å²) in [7, 11) is 1.62. The molecule has 182 valence electrons. The van der Waals surface area contributed by atoms with Gasteiger partial charge in [0, 0.05) is 55.9 Å². The van der Waals surface area contributed by atoms with Gasteiger partial charge in [-0.15, -0.1) is 0 Å². The second-order valence-electron chi connectivity index (χ2n) is 8.37. The molecule has 1 aliphatic rings. The Morgan fingerprint density at radius 2 is 1.65 bits per heavy atom. The molecule has 2 aromatic carbocycles. The van der Waals surface area contributed by atoms with Crippen LogP contribution in [0.25, 0.3) is 0 Å². The van der Waals surface area contributed by atoms with E-state index in [1.54, 1.807) is 43.5 Å². The fourth-order valence-electron chi connectivity index (χ4n) is 3.83. The van der Waals surface area contributed by atoms with Gasteiger partial charge in [0.2, 0.25) is 5.91 Å². The summed E-state index contributed by atoms with van der Waals surface area (Å²) in [4.78, 5) is 39.3. The number of hydrogen-bond acceptors (Lipinski definition) is 5. The zero-order chi connectivity index (χ0) is 24.2. The minimum Gasteiger partial charge on any atom is -0.385 e. The molecular weight excluding hydrogens is 432 g/mol. The Kier molecular flexibility index (Phi) is 9.91. The van der Waals surface area contributed by atoms with Crippen molar-refractivity contribution in [3.05, 3.63) is 59.7 Å². The number of carbonyl (C=O) groups is 3. The average Bonchev–Trinajstić information content (AvgIpc) is 3.15. The molecule has 8 nitrogen and oxygen atoms in total. The van der Waals surface area contributed by atoms with Crippen molar-refractivity contribution in [2.24, 2.45) is 0 Å². The monoisotopic (exact) mass is 466 g/mol. The summed E-state index contributed by atoms with van der Waals surface area (Å²) in [6.45, 7) is 2.80. The van der Waals surface area contributed by atoms with E-state index in [4.69, 9.17) is 4.74 Å². The maximum absolute atomic E-state index is 12.7. The fraction of sp³-hybridized carbons (Fsp3) is 0.423. The molecule has 34 heavy (non-hydrogen) atoms. The molecular formula is C26H34N4O4. The van der Waals surface area contributed by atoms with Crippen LogP contribution in [-0.2, 0) is 9.53 Å². The normalized spacial score (nSPS) is 13.6. The Labute approximate surface area is 201 Å². The van der Waals surface area contributed by atoms with E-state index in [0.717, 1.165) is 38.0 Å². The van der Waals surface area contributed by atoms with E-state index in [0.29, 0.717) is 30.0 Å². The Hall–Kier alpha value is -3.39. The highest BCUT2D eigenvalue weighted by Crippen LogP contribution is 2.16. The van der Waals surface area contributed by atoms with Crippen molar-refractivity contribution >= 4 is 29.1 Å². The van der Waals surface area contributed by atoms with Crippen molar-refractivity contribution < 1.29 is 19.1 Å². The Morgan fingerprint density at radius 1 is 0.912 bits per heavy atom. The summed E-state index contributed by atoms with van der Waals surface area (Å²) in [6.07, 6.45) is 5.21. The van der Waals surface area contributed by atoms with Crippen molar-refractivity contribution in [3.63, 3.8) is 0 Å². The zero-order valence-corrected chi connectivity index (χ0v) is 19.8. The van der Waals surface area contributed by atoms with Crippen LogP contribution in [0.15, 0.2) is 48.5 Å². The number of likely N-dealkylation sites (tertiary alicyclic amines) is 1. The molecule has 0 aliphatic carbocycles. The van der Waals surface area contributed by atoms with Gasteiger partial charge in [0.25, 0.3) is 11.8 Å². The predicted octanol–water partition coefficient (Wildman–Crippen LogP) is 3.52. The number of nitrogens with one attached hydrogen (secondary N) is 3. The molecule has 0 atom stereocenters. The van der Waals surface area contributed by atoms with Gasteiger partial charge in [-0.1, -0.05) is 18.9 Å². The summed E-state index contributed by atoms with van der Waals surface area (Å²) in [5, 5.41) is 8.70. The molecule has 3 N–H and O–H groups in total. The van der Waals surface area contributed by atoms with E-state index in [1.807, 2.05) is 17.0 Å². The largest absolute Gasteiger partial charge is 0.385 e. The lowest BCUT2D eigenvalue weighted by Crippen LogP contribution is -2.31. The molecule has 0 bridgehead atoms. The SMILES string of the molecule is COCCCNC(=O)c1cccc(NC(=O)CNc2ccc(C(=O)N3CCCCCC3)cc2)c1. The Bertz CT molecular complexity index is 954. The highest BCUT2D eigenvalue weighted by Gasteiger charge is 2.17. The molecule has 0 unspecified atom stereocenters. The van der Waals surface area contributed by atoms with Gasteiger partial charge in [-0.2, -0.15) is 0 Å². The number of hydrogen-bond donors (Lipinski definition) is 3. The predicted molar refractivity (Wildman–Crippen MR) is 133 cm³/mol. The maximum Gasteiger partial charge on any atom is 0.253 e. The lowest BCUT2D eigenvalue weighted by atomic mass is 10.1. The van der Waals surface area contributed by atoms with Crippen molar-refractivity contribution in [1.29, 1.82) is 0 Å². The standard InChI is InChI=1S/C26H34N4O4/c1-34-17-7-14-27-25(32)21-8-6-9-23(18-21)29-24(31)19-28-22-12-10-20(11-13-22)26(33)30-15-4-2-3-5-16-30/h6,8-13,18,28H,2-5,7,14-17,19H2,1H3,(H,27,32)(H,29,31). The third-order valence-electron chi connectivity index (χ3n) is 5.70. The first-order chi connectivity index (χ1) is 16.6.